The van der Waals surface area contributed by atoms with Crippen LogP contribution in [-0.2, 0) is 17.7 Å². The first-order valence-corrected chi connectivity index (χ1v) is 8.41. The highest BCUT2D eigenvalue weighted by molar-refractivity contribution is 5.16. The Morgan fingerprint density at radius 3 is 2.26 bits per heavy atom. The van der Waals surface area contributed by atoms with Crippen molar-refractivity contribution in [2.45, 2.75) is 31.5 Å². The molecule has 0 radical (unpaired) electrons. The van der Waals surface area contributed by atoms with Crippen LogP contribution in [0.2, 0.25) is 0 Å². The van der Waals surface area contributed by atoms with Crippen molar-refractivity contribution in [2.24, 2.45) is 0 Å². The molecule has 3 nitrogen and oxygen atoms in total. The van der Waals surface area contributed by atoms with Gasteiger partial charge in [-0.15, -0.1) is 0 Å². The van der Waals surface area contributed by atoms with Crippen LogP contribution < -0.4 is 0 Å². The summed E-state index contributed by atoms with van der Waals surface area (Å²) in [6.45, 7) is 2.72. The number of nitrogens with zero attached hydrogens (tertiary/aromatic N) is 1. The van der Waals surface area contributed by atoms with Crippen molar-refractivity contribution in [1.29, 1.82) is 0 Å². The fourth-order valence-corrected chi connectivity index (χ4v) is 3.14. The third kappa shape index (κ3) is 4.41. The first-order valence-electron chi connectivity index (χ1n) is 8.41. The molecule has 1 aliphatic rings. The number of ether oxygens (including phenoxy) is 1. The van der Waals surface area contributed by atoms with Gasteiger partial charge in [0.05, 0.1) is 18.8 Å². The SMILES string of the molecule is OCC1C(OCCCc2ccccc2)CN1Cc1ccccc1. The fraction of sp³-hybridized carbons (Fsp3) is 0.400. The molecule has 2 aromatic rings. The Bertz CT molecular complexity index is 573. The smallest absolute Gasteiger partial charge is 0.0879 e. The Morgan fingerprint density at radius 2 is 1.61 bits per heavy atom. The van der Waals surface area contributed by atoms with Crippen LogP contribution in [0.3, 0.4) is 0 Å². The minimum Gasteiger partial charge on any atom is -0.395 e. The van der Waals surface area contributed by atoms with Gasteiger partial charge in [0.15, 0.2) is 0 Å². The molecule has 2 atom stereocenters. The second kappa shape index (κ2) is 8.25. The van der Waals surface area contributed by atoms with E-state index in [9.17, 15) is 5.11 Å². The second-order valence-corrected chi connectivity index (χ2v) is 6.16. The third-order valence-corrected chi connectivity index (χ3v) is 4.51. The van der Waals surface area contributed by atoms with Crippen LogP contribution in [0.15, 0.2) is 60.7 Å². The van der Waals surface area contributed by atoms with E-state index in [4.69, 9.17) is 4.74 Å². The molecule has 0 bridgehead atoms. The maximum atomic E-state index is 9.62. The summed E-state index contributed by atoms with van der Waals surface area (Å²) in [4.78, 5) is 2.29. The van der Waals surface area contributed by atoms with Crippen molar-refractivity contribution in [3.63, 3.8) is 0 Å². The molecular formula is C20H25NO2. The van der Waals surface area contributed by atoms with Crippen LogP contribution >= 0.6 is 0 Å². The van der Waals surface area contributed by atoms with E-state index in [0.717, 1.165) is 32.5 Å². The number of rotatable bonds is 8. The number of aryl methyl sites for hydroxylation is 1. The summed E-state index contributed by atoms with van der Waals surface area (Å²) in [5.74, 6) is 0. The quantitative estimate of drug-likeness (QED) is 0.761. The molecular weight excluding hydrogens is 286 g/mol. The molecule has 2 aromatic carbocycles. The highest BCUT2D eigenvalue weighted by atomic mass is 16.5. The number of aliphatic hydroxyl groups excluding tert-OH is 1. The first-order chi connectivity index (χ1) is 11.4. The Labute approximate surface area is 138 Å². The van der Waals surface area contributed by atoms with Gasteiger partial charge in [-0.1, -0.05) is 60.7 Å². The molecule has 1 heterocycles. The summed E-state index contributed by atoms with van der Waals surface area (Å²) >= 11 is 0. The van der Waals surface area contributed by atoms with Crippen LogP contribution in [0.5, 0.6) is 0 Å². The fourth-order valence-electron chi connectivity index (χ4n) is 3.14. The normalized spacial score (nSPS) is 21.1. The topological polar surface area (TPSA) is 32.7 Å². The zero-order chi connectivity index (χ0) is 15.9. The van der Waals surface area contributed by atoms with Gasteiger partial charge >= 0.3 is 0 Å². The third-order valence-electron chi connectivity index (χ3n) is 4.51. The lowest BCUT2D eigenvalue weighted by Crippen LogP contribution is -2.62. The van der Waals surface area contributed by atoms with E-state index in [-0.39, 0.29) is 18.8 Å². The maximum absolute atomic E-state index is 9.62. The van der Waals surface area contributed by atoms with Gasteiger partial charge in [0.25, 0.3) is 0 Å². The molecule has 3 rings (SSSR count). The second-order valence-electron chi connectivity index (χ2n) is 6.16. The molecule has 1 saturated heterocycles. The summed E-state index contributed by atoms with van der Waals surface area (Å²) in [5.41, 5.74) is 2.64. The van der Waals surface area contributed by atoms with Gasteiger partial charge < -0.3 is 9.84 Å². The molecule has 122 valence electrons. The van der Waals surface area contributed by atoms with Crippen LogP contribution in [0.4, 0.5) is 0 Å². The lowest BCUT2D eigenvalue weighted by molar-refractivity contribution is -0.123. The summed E-state index contributed by atoms with van der Waals surface area (Å²) in [5, 5.41) is 9.62. The predicted octanol–water partition coefficient (Wildman–Crippen LogP) is 2.88. The molecule has 1 fully saturated rings. The van der Waals surface area contributed by atoms with Gasteiger partial charge in [0.1, 0.15) is 0 Å². The van der Waals surface area contributed by atoms with Gasteiger partial charge in [-0.05, 0) is 24.0 Å². The minimum absolute atomic E-state index is 0.131. The molecule has 3 heteroatoms. The molecule has 0 amide bonds. The van der Waals surface area contributed by atoms with Crippen molar-refractivity contribution >= 4 is 0 Å². The number of aliphatic hydroxyl groups is 1. The van der Waals surface area contributed by atoms with Crippen molar-refractivity contribution in [3.05, 3.63) is 71.8 Å². The molecule has 1 aliphatic heterocycles. The summed E-state index contributed by atoms with van der Waals surface area (Å²) in [6, 6.07) is 21.0. The van der Waals surface area contributed by atoms with E-state index < -0.39 is 0 Å². The largest absolute Gasteiger partial charge is 0.395 e. The molecule has 0 aromatic heterocycles. The Morgan fingerprint density at radius 1 is 0.957 bits per heavy atom. The van der Waals surface area contributed by atoms with E-state index in [0.29, 0.717) is 0 Å². The van der Waals surface area contributed by atoms with Crippen LogP contribution in [0.1, 0.15) is 17.5 Å². The van der Waals surface area contributed by atoms with Crippen molar-refractivity contribution in [2.75, 3.05) is 19.8 Å². The van der Waals surface area contributed by atoms with Crippen molar-refractivity contribution in [1.82, 2.24) is 4.90 Å². The minimum atomic E-state index is 0.131. The maximum Gasteiger partial charge on any atom is 0.0879 e. The average molecular weight is 311 g/mol. The Balaban J connectivity index is 1.38. The van der Waals surface area contributed by atoms with Crippen molar-refractivity contribution in [3.8, 4) is 0 Å². The monoisotopic (exact) mass is 311 g/mol. The lowest BCUT2D eigenvalue weighted by atomic mass is 9.98. The Hall–Kier alpha value is -1.68. The standard InChI is InChI=1S/C20H25NO2/c22-16-19-20(15-21(19)14-18-10-5-2-6-11-18)23-13-7-12-17-8-3-1-4-9-17/h1-6,8-11,19-20,22H,7,12-16H2. The van der Waals surface area contributed by atoms with Gasteiger partial charge in [-0.25, -0.2) is 0 Å². The van der Waals surface area contributed by atoms with E-state index in [1.54, 1.807) is 0 Å². The molecule has 2 unspecified atom stereocenters. The van der Waals surface area contributed by atoms with Crippen LogP contribution in [-0.4, -0.2) is 41.9 Å². The van der Waals surface area contributed by atoms with Gasteiger partial charge in [-0.2, -0.15) is 0 Å². The van der Waals surface area contributed by atoms with Crippen LogP contribution in [0.25, 0.3) is 0 Å². The summed E-state index contributed by atoms with van der Waals surface area (Å²) in [7, 11) is 0. The number of hydrogen-bond donors (Lipinski definition) is 1. The van der Waals surface area contributed by atoms with E-state index in [2.05, 4.69) is 53.4 Å². The van der Waals surface area contributed by atoms with E-state index in [1.165, 1.54) is 11.1 Å². The lowest BCUT2D eigenvalue weighted by Gasteiger charge is -2.47. The summed E-state index contributed by atoms with van der Waals surface area (Å²) in [6.07, 6.45) is 2.24. The zero-order valence-electron chi connectivity index (χ0n) is 13.5. The first kappa shape index (κ1) is 16.2. The van der Waals surface area contributed by atoms with E-state index in [1.807, 2.05) is 12.1 Å². The van der Waals surface area contributed by atoms with E-state index >= 15 is 0 Å². The van der Waals surface area contributed by atoms with Gasteiger partial charge in [-0.3, -0.25) is 4.90 Å². The average Bonchev–Trinajstić information content (AvgIpc) is 2.59. The Kier molecular flexibility index (Phi) is 5.81. The molecule has 0 spiro atoms. The van der Waals surface area contributed by atoms with Crippen LogP contribution in [0, 0.1) is 0 Å². The molecule has 0 saturated carbocycles. The predicted molar refractivity (Wildman–Crippen MR) is 92.2 cm³/mol. The van der Waals surface area contributed by atoms with Gasteiger partial charge in [0.2, 0.25) is 0 Å². The zero-order valence-corrected chi connectivity index (χ0v) is 13.5. The number of hydrogen-bond acceptors (Lipinski definition) is 3. The van der Waals surface area contributed by atoms with Crippen molar-refractivity contribution < 1.29 is 9.84 Å². The van der Waals surface area contributed by atoms with Gasteiger partial charge in [0, 0.05) is 19.7 Å². The molecule has 1 N–H and O–H groups in total. The number of benzene rings is 2. The highest BCUT2D eigenvalue weighted by Gasteiger charge is 2.38. The number of likely N-dealkylation sites (tertiary alicyclic amines) is 1. The molecule has 23 heavy (non-hydrogen) atoms. The summed E-state index contributed by atoms with van der Waals surface area (Å²) < 4.78 is 5.97. The highest BCUT2D eigenvalue weighted by Crippen LogP contribution is 2.23. The molecule has 0 aliphatic carbocycles.